The van der Waals surface area contributed by atoms with Gasteiger partial charge in [0.25, 0.3) is 5.91 Å². The molecule has 0 atom stereocenters. The van der Waals surface area contributed by atoms with Gasteiger partial charge in [-0.3, -0.25) is 14.4 Å². The lowest BCUT2D eigenvalue weighted by molar-refractivity contribution is -0.116. The standard InChI is InChI=1S/C22H21ClN4O3S/c1-2-27(12-11-19(28)25-17-9-5-14(6-10-17)20(24)29)22(30)18-13-31-21(26-18)15-3-7-16(23)8-4-15/h3-10,13H,2,11-12H2,1H3,(H2,24,29)(H,25,28). The van der Waals surface area contributed by atoms with Crippen LogP contribution >= 0.6 is 22.9 Å². The van der Waals surface area contributed by atoms with Crippen LogP contribution in [-0.2, 0) is 4.79 Å². The minimum absolute atomic E-state index is 0.130. The number of carbonyl (C=O) groups excluding carboxylic acids is 3. The van der Waals surface area contributed by atoms with Gasteiger partial charge in [0.05, 0.1) is 0 Å². The Morgan fingerprint density at radius 1 is 1.10 bits per heavy atom. The number of benzene rings is 2. The second-order valence-electron chi connectivity index (χ2n) is 6.67. The van der Waals surface area contributed by atoms with Crippen molar-refractivity contribution >= 4 is 46.3 Å². The maximum atomic E-state index is 12.8. The van der Waals surface area contributed by atoms with Crippen LogP contribution in [0.2, 0.25) is 5.02 Å². The first kappa shape index (κ1) is 22.5. The second kappa shape index (κ2) is 10.2. The van der Waals surface area contributed by atoms with Crippen molar-refractivity contribution in [2.24, 2.45) is 5.73 Å². The van der Waals surface area contributed by atoms with E-state index in [1.165, 1.54) is 11.3 Å². The van der Waals surface area contributed by atoms with Crippen LogP contribution in [0, 0.1) is 0 Å². The highest BCUT2D eigenvalue weighted by atomic mass is 35.5. The molecule has 1 aromatic heterocycles. The lowest BCUT2D eigenvalue weighted by atomic mass is 10.2. The summed E-state index contributed by atoms with van der Waals surface area (Å²) in [5.74, 6) is -0.994. The first-order valence-electron chi connectivity index (χ1n) is 9.58. The lowest BCUT2D eigenvalue weighted by Gasteiger charge is -2.19. The molecule has 3 amide bonds. The third kappa shape index (κ3) is 5.90. The minimum Gasteiger partial charge on any atom is -0.366 e. The summed E-state index contributed by atoms with van der Waals surface area (Å²) >= 11 is 7.30. The number of rotatable bonds is 8. The Balaban J connectivity index is 1.58. The molecule has 0 saturated heterocycles. The van der Waals surface area contributed by atoms with Gasteiger partial charge in [0.15, 0.2) is 0 Å². The molecule has 7 nitrogen and oxygen atoms in total. The number of hydrogen-bond acceptors (Lipinski definition) is 5. The van der Waals surface area contributed by atoms with Crippen molar-refractivity contribution < 1.29 is 14.4 Å². The van der Waals surface area contributed by atoms with Gasteiger partial charge in [0.2, 0.25) is 11.8 Å². The number of halogens is 1. The van der Waals surface area contributed by atoms with Crippen molar-refractivity contribution in [3.63, 3.8) is 0 Å². The van der Waals surface area contributed by atoms with Crippen molar-refractivity contribution in [1.29, 1.82) is 0 Å². The molecule has 9 heteroatoms. The van der Waals surface area contributed by atoms with Crippen molar-refractivity contribution in [2.75, 3.05) is 18.4 Å². The fraction of sp³-hybridized carbons (Fsp3) is 0.182. The zero-order valence-corrected chi connectivity index (χ0v) is 18.4. The van der Waals surface area contributed by atoms with E-state index in [1.54, 1.807) is 46.7 Å². The summed E-state index contributed by atoms with van der Waals surface area (Å²) in [7, 11) is 0. The predicted molar refractivity (Wildman–Crippen MR) is 122 cm³/mol. The fourth-order valence-electron chi connectivity index (χ4n) is 2.84. The molecule has 0 bridgehead atoms. The number of primary amides is 1. The number of nitrogens with one attached hydrogen (secondary N) is 1. The molecule has 3 rings (SSSR count). The van der Waals surface area contributed by atoms with Crippen molar-refractivity contribution in [3.05, 3.63) is 70.2 Å². The molecule has 0 aliphatic carbocycles. The number of amides is 3. The third-order valence-corrected chi connectivity index (χ3v) is 5.69. The molecule has 0 aliphatic rings. The summed E-state index contributed by atoms with van der Waals surface area (Å²) in [5, 5.41) is 5.83. The zero-order chi connectivity index (χ0) is 22.4. The Kier molecular flexibility index (Phi) is 7.38. The SMILES string of the molecule is CCN(CCC(=O)Nc1ccc(C(N)=O)cc1)C(=O)c1csc(-c2ccc(Cl)cc2)n1. The molecular weight excluding hydrogens is 436 g/mol. The highest BCUT2D eigenvalue weighted by molar-refractivity contribution is 7.13. The molecule has 3 aromatic rings. The van der Waals surface area contributed by atoms with E-state index in [4.69, 9.17) is 17.3 Å². The monoisotopic (exact) mass is 456 g/mol. The summed E-state index contributed by atoms with van der Waals surface area (Å²) in [6, 6.07) is 13.6. The molecule has 0 fully saturated rings. The Morgan fingerprint density at radius 2 is 1.77 bits per heavy atom. The van der Waals surface area contributed by atoms with Crippen LogP contribution in [0.4, 0.5) is 5.69 Å². The maximum absolute atomic E-state index is 12.8. The quantitative estimate of drug-likeness (QED) is 0.533. The summed E-state index contributed by atoms with van der Waals surface area (Å²) in [5.41, 5.74) is 7.35. The normalized spacial score (nSPS) is 10.5. The number of nitrogens with zero attached hydrogens (tertiary/aromatic N) is 2. The van der Waals surface area contributed by atoms with Crippen LogP contribution in [0.1, 0.15) is 34.2 Å². The van der Waals surface area contributed by atoms with Crippen molar-refractivity contribution in [3.8, 4) is 10.6 Å². The molecule has 0 unspecified atom stereocenters. The van der Waals surface area contributed by atoms with Gasteiger partial charge in [-0.1, -0.05) is 23.7 Å². The Morgan fingerprint density at radius 3 is 2.39 bits per heavy atom. The van der Waals surface area contributed by atoms with Crippen LogP contribution < -0.4 is 11.1 Å². The number of nitrogens with two attached hydrogens (primary N) is 1. The smallest absolute Gasteiger partial charge is 0.273 e. The number of thiazole rings is 1. The van der Waals surface area contributed by atoms with Crippen molar-refractivity contribution in [1.82, 2.24) is 9.88 Å². The number of aromatic nitrogens is 1. The summed E-state index contributed by atoms with van der Waals surface area (Å²) in [6.45, 7) is 2.56. The first-order valence-corrected chi connectivity index (χ1v) is 10.8. The molecular formula is C22H21ClN4O3S. The summed E-state index contributed by atoms with van der Waals surface area (Å²) in [4.78, 5) is 42.2. The number of carbonyl (C=O) groups is 3. The Hall–Kier alpha value is -3.23. The third-order valence-electron chi connectivity index (χ3n) is 4.55. The molecule has 2 aromatic carbocycles. The molecule has 0 saturated carbocycles. The Labute approximate surface area is 188 Å². The topological polar surface area (TPSA) is 105 Å². The van der Waals surface area contributed by atoms with Gasteiger partial charge in [-0.25, -0.2) is 4.98 Å². The minimum atomic E-state index is -0.531. The molecule has 160 valence electrons. The zero-order valence-electron chi connectivity index (χ0n) is 16.8. The average Bonchev–Trinajstić information content (AvgIpc) is 3.25. The molecule has 0 radical (unpaired) electrons. The van der Waals surface area contributed by atoms with E-state index in [0.717, 1.165) is 10.6 Å². The van der Waals surface area contributed by atoms with E-state index >= 15 is 0 Å². The van der Waals surface area contributed by atoms with Crippen LogP contribution in [0.5, 0.6) is 0 Å². The highest BCUT2D eigenvalue weighted by Gasteiger charge is 2.19. The largest absolute Gasteiger partial charge is 0.366 e. The fourth-order valence-corrected chi connectivity index (χ4v) is 3.77. The molecule has 31 heavy (non-hydrogen) atoms. The van der Waals surface area contributed by atoms with Crippen molar-refractivity contribution in [2.45, 2.75) is 13.3 Å². The summed E-state index contributed by atoms with van der Waals surface area (Å²) in [6.07, 6.45) is 0.130. The van der Waals surface area contributed by atoms with Gasteiger partial charge < -0.3 is 16.0 Å². The van der Waals surface area contributed by atoms with E-state index in [1.807, 2.05) is 19.1 Å². The highest BCUT2D eigenvalue weighted by Crippen LogP contribution is 2.25. The van der Waals surface area contributed by atoms with E-state index < -0.39 is 5.91 Å². The first-order chi connectivity index (χ1) is 14.9. The lowest BCUT2D eigenvalue weighted by Crippen LogP contribution is -2.33. The van der Waals surface area contributed by atoms with Crippen LogP contribution in [-0.4, -0.2) is 40.7 Å². The Bertz CT molecular complexity index is 1080. The van der Waals surface area contributed by atoms with E-state index in [2.05, 4.69) is 10.3 Å². The average molecular weight is 457 g/mol. The van der Waals surface area contributed by atoms with Crippen LogP contribution in [0.15, 0.2) is 53.9 Å². The van der Waals surface area contributed by atoms with Gasteiger partial charge in [-0.2, -0.15) is 0 Å². The van der Waals surface area contributed by atoms with Gasteiger partial charge in [-0.15, -0.1) is 11.3 Å². The number of anilines is 1. The van der Waals surface area contributed by atoms with Gasteiger partial charge in [-0.05, 0) is 43.3 Å². The van der Waals surface area contributed by atoms with Gasteiger partial charge in [0.1, 0.15) is 10.7 Å². The van der Waals surface area contributed by atoms with Gasteiger partial charge >= 0.3 is 0 Å². The molecule has 0 spiro atoms. The summed E-state index contributed by atoms with van der Waals surface area (Å²) < 4.78 is 0. The second-order valence-corrected chi connectivity index (χ2v) is 7.96. The van der Waals surface area contributed by atoms with Gasteiger partial charge in [0, 0.05) is 46.7 Å². The van der Waals surface area contributed by atoms with Crippen LogP contribution in [0.3, 0.4) is 0 Å². The van der Waals surface area contributed by atoms with E-state index in [9.17, 15) is 14.4 Å². The van der Waals surface area contributed by atoms with E-state index in [-0.39, 0.29) is 24.8 Å². The maximum Gasteiger partial charge on any atom is 0.273 e. The molecule has 1 heterocycles. The van der Waals surface area contributed by atoms with E-state index in [0.29, 0.717) is 28.5 Å². The van der Waals surface area contributed by atoms with Crippen LogP contribution in [0.25, 0.3) is 10.6 Å². The predicted octanol–water partition coefficient (Wildman–Crippen LogP) is 4.05. The number of hydrogen-bond donors (Lipinski definition) is 2. The molecule has 0 aliphatic heterocycles. The molecule has 3 N–H and O–H groups in total.